The molecule has 0 fully saturated rings. The first-order chi connectivity index (χ1) is 5.83. The third kappa shape index (κ3) is 0.703. The second-order valence-electron chi connectivity index (χ2n) is 2.09. The zero-order valence-electron chi connectivity index (χ0n) is 5.84. The van der Waals surface area contributed by atoms with Crippen LogP contribution in [0, 0.1) is 11.3 Å². The van der Waals surface area contributed by atoms with Crippen molar-refractivity contribution in [2.45, 2.75) is 0 Å². The highest BCUT2D eigenvalue weighted by Crippen LogP contribution is 2.17. The Bertz CT molecular complexity index is 468. The maximum atomic E-state index is 9.35. The van der Waals surface area contributed by atoms with Crippen molar-refractivity contribution in [1.82, 2.24) is 19.8 Å². The molecule has 0 aliphatic heterocycles. The summed E-state index contributed by atoms with van der Waals surface area (Å²) >= 11 is 0. The number of fused-ring (bicyclic) bond motifs is 1. The molecule has 2 heterocycles. The van der Waals surface area contributed by atoms with Gasteiger partial charge in [-0.15, -0.1) is 9.73 Å². The molecule has 0 atom stereocenters. The molecule has 0 spiro atoms. The van der Waals surface area contributed by atoms with E-state index in [4.69, 9.17) is 5.26 Å². The summed E-state index contributed by atoms with van der Waals surface area (Å²) < 4.78 is 1.15. The molecule has 0 amide bonds. The van der Waals surface area contributed by atoms with E-state index in [1.807, 2.05) is 0 Å². The SMILES string of the molecule is N#Cc1cnn2ncnc2c1O. The molecule has 0 unspecified atom stereocenters. The van der Waals surface area contributed by atoms with Crippen LogP contribution in [-0.4, -0.2) is 24.9 Å². The van der Waals surface area contributed by atoms with Gasteiger partial charge in [-0.2, -0.15) is 10.4 Å². The highest BCUT2D eigenvalue weighted by molar-refractivity contribution is 5.58. The van der Waals surface area contributed by atoms with Crippen molar-refractivity contribution in [2.24, 2.45) is 0 Å². The van der Waals surface area contributed by atoms with Crippen LogP contribution in [0.3, 0.4) is 0 Å². The molecule has 2 rings (SSSR count). The van der Waals surface area contributed by atoms with Gasteiger partial charge in [-0.3, -0.25) is 0 Å². The molecule has 0 aromatic carbocycles. The number of hydrogen-bond acceptors (Lipinski definition) is 5. The zero-order chi connectivity index (χ0) is 8.55. The van der Waals surface area contributed by atoms with Crippen molar-refractivity contribution in [3.8, 4) is 11.8 Å². The standard InChI is InChI=1S/C6H3N5O/c7-1-4-2-9-11-6(5(4)12)8-3-10-11/h2-3,12H. The Morgan fingerprint density at radius 2 is 2.33 bits per heavy atom. The van der Waals surface area contributed by atoms with E-state index in [1.165, 1.54) is 12.5 Å². The number of aromatic nitrogens is 4. The monoisotopic (exact) mass is 161 g/mol. The maximum absolute atomic E-state index is 9.35. The smallest absolute Gasteiger partial charge is 0.219 e. The zero-order valence-corrected chi connectivity index (χ0v) is 5.84. The van der Waals surface area contributed by atoms with E-state index in [0.717, 1.165) is 4.63 Å². The first-order valence-electron chi connectivity index (χ1n) is 3.11. The Morgan fingerprint density at radius 3 is 3.08 bits per heavy atom. The quantitative estimate of drug-likeness (QED) is 0.573. The summed E-state index contributed by atoms with van der Waals surface area (Å²) in [4.78, 5) is 3.72. The largest absolute Gasteiger partial charge is 0.503 e. The molecule has 12 heavy (non-hydrogen) atoms. The average Bonchev–Trinajstić information content (AvgIpc) is 2.53. The summed E-state index contributed by atoms with van der Waals surface area (Å²) in [5.41, 5.74) is 0.282. The Kier molecular flexibility index (Phi) is 1.18. The molecule has 2 aromatic heterocycles. The van der Waals surface area contributed by atoms with Crippen molar-refractivity contribution in [3.63, 3.8) is 0 Å². The molecular formula is C6H3N5O. The maximum Gasteiger partial charge on any atom is 0.219 e. The topological polar surface area (TPSA) is 87.1 Å². The van der Waals surface area contributed by atoms with Crippen molar-refractivity contribution in [2.75, 3.05) is 0 Å². The van der Waals surface area contributed by atoms with Crippen LogP contribution >= 0.6 is 0 Å². The molecule has 1 N–H and O–H groups in total. The van der Waals surface area contributed by atoms with Gasteiger partial charge in [-0.1, -0.05) is 0 Å². The van der Waals surface area contributed by atoms with Crippen LogP contribution in [0.1, 0.15) is 5.56 Å². The van der Waals surface area contributed by atoms with Gasteiger partial charge in [-0.25, -0.2) is 4.98 Å². The van der Waals surface area contributed by atoms with Crippen molar-refractivity contribution in [3.05, 3.63) is 18.1 Å². The highest BCUT2D eigenvalue weighted by Gasteiger charge is 2.07. The van der Waals surface area contributed by atoms with E-state index in [1.54, 1.807) is 6.07 Å². The predicted octanol–water partition coefficient (Wildman–Crippen LogP) is -0.298. The molecule has 2 aromatic rings. The summed E-state index contributed by atoms with van der Waals surface area (Å²) in [5, 5.41) is 25.3. The summed E-state index contributed by atoms with van der Waals surface area (Å²) in [6, 6.07) is 1.78. The van der Waals surface area contributed by atoms with E-state index in [2.05, 4.69) is 15.2 Å². The van der Waals surface area contributed by atoms with E-state index < -0.39 is 0 Å². The summed E-state index contributed by atoms with van der Waals surface area (Å²) in [6.07, 6.45) is 2.49. The second kappa shape index (κ2) is 2.17. The van der Waals surface area contributed by atoms with Gasteiger partial charge >= 0.3 is 0 Å². The van der Waals surface area contributed by atoms with Gasteiger partial charge in [0.2, 0.25) is 5.65 Å². The Hall–Kier alpha value is -2.16. The lowest BCUT2D eigenvalue weighted by atomic mass is 10.3. The fourth-order valence-electron chi connectivity index (χ4n) is 0.852. The molecule has 0 saturated heterocycles. The first kappa shape index (κ1) is 6.54. The molecule has 0 aliphatic rings. The summed E-state index contributed by atoms with van der Waals surface area (Å²) in [6.45, 7) is 0. The number of aromatic hydroxyl groups is 1. The average molecular weight is 161 g/mol. The lowest BCUT2D eigenvalue weighted by Gasteiger charge is -1.94. The fraction of sp³-hybridized carbons (Fsp3) is 0. The lowest BCUT2D eigenvalue weighted by molar-refractivity contribution is 0.472. The molecule has 0 saturated carbocycles. The Balaban J connectivity index is 2.89. The summed E-state index contributed by atoms with van der Waals surface area (Å²) in [5.74, 6) is -0.190. The number of rotatable bonds is 0. The summed E-state index contributed by atoms with van der Waals surface area (Å²) in [7, 11) is 0. The molecule has 6 heteroatoms. The number of nitrogens with zero attached hydrogens (tertiary/aromatic N) is 5. The van der Waals surface area contributed by atoms with Crippen molar-refractivity contribution >= 4 is 5.65 Å². The minimum atomic E-state index is -0.190. The van der Waals surface area contributed by atoms with Gasteiger partial charge in [0, 0.05) is 0 Å². The molecule has 6 nitrogen and oxygen atoms in total. The van der Waals surface area contributed by atoms with Crippen LogP contribution in [0.4, 0.5) is 0 Å². The van der Waals surface area contributed by atoms with Gasteiger partial charge in [0.1, 0.15) is 18.0 Å². The lowest BCUT2D eigenvalue weighted by Crippen LogP contribution is -1.94. The number of hydrogen-bond donors (Lipinski definition) is 1. The highest BCUT2D eigenvalue weighted by atomic mass is 16.3. The molecule has 58 valence electrons. The Labute approximate surface area is 66.7 Å². The molecular weight excluding hydrogens is 158 g/mol. The Morgan fingerprint density at radius 1 is 1.50 bits per heavy atom. The van der Waals surface area contributed by atoms with E-state index in [0.29, 0.717) is 0 Å². The van der Waals surface area contributed by atoms with Crippen LogP contribution in [0.2, 0.25) is 0 Å². The van der Waals surface area contributed by atoms with Crippen LogP contribution in [0.25, 0.3) is 5.65 Å². The fourth-order valence-corrected chi connectivity index (χ4v) is 0.852. The minimum absolute atomic E-state index is 0.0931. The predicted molar refractivity (Wildman–Crippen MR) is 37.2 cm³/mol. The minimum Gasteiger partial charge on any atom is -0.503 e. The third-order valence-corrected chi connectivity index (χ3v) is 1.41. The van der Waals surface area contributed by atoms with Gasteiger partial charge in [0.25, 0.3) is 0 Å². The van der Waals surface area contributed by atoms with E-state index >= 15 is 0 Å². The second-order valence-corrected chi connectivity index (χ2v) is 2.09. The van der Waals surface area contributed by atoms with Crippen molar-refractivity contribution in [1.29, 1.82) is 5.26 Å². The third-order valence-electron chi connectivity index (χ3n) is 1.41. The molecule has 0 radical (unpaired) electrons. The van der Waals surface area contributed by atoms with Gasteiger partial charge in [-0.05, 0) is 0 Å². The van der Waals surface area contributed by atoms with Gasteiger partial charge in [0.05, 0.1) is 6.20 Å². The van der Waals surface area contributed by atoms with E-state index in [9.17, 15) is 5.11 Å². The van der Waals surface area contributed by atoms with Crippen LogP contribution in [0.5, 0.6) is 5.75 Å². The number of nitriles is 1. The molecule has 0 aliphatic carbocycles. The van der Waals surface area contributed by atoms with Gasteiger partial charge < -0.3 is 5.11 Å². The van der Waals surface area contributed by atoms with Crippen molar-refractivity contribution < 1.29 is 5.11 Å². The first-order valence-corrected chi connectivity index (χ1v) is 3.11. The van der Waals surface area contributed by atoms with Crippen LogP contribution in [0.15, 0.2) is 12.5 Å². The molecule has 0 bridgehead atoms. The van der Waals surface area contributed by atoms with Crippen LogP contribution in [-0.2, 0) is 0 Å². The normalized spacial score (nSPS) is 9.92. The van der Waals surface area contributed by atoms with Crippen LogP contribution < -0.4 is 0 Å². The van der Waals surface area contributed by atoms with E-state index in [-0.39, 0.29) is 17.0 Å². The van der Waals surface area contributed by atoms with Gasteiger partial charge in [0.15, 0.2) is 5.75 Å².